The van der Waals surface area contributed by atoms with Crippen LogP contribution in [-0.4, -0.2) is 27.9 Å². The summed E-state index contributed by atoms with van der Waals surface area (Å²) in [5.41, 5.74) is 2.46. The summed E-state index contributed by atoms with van der Waals surface area (Å²) in [6.45, 7) is 5.49. The molecular weight excluding hydrogens is 354 g/mol. The van der Waals surface area contributed by atoms with Crippen LogP contribution in [0.1, 0.15) is 34.0 Å². The maximum Gasteiger partial charge on any atom is 0.349 e. The molecular formula is C18H19N3O4S. The number of carbonyl (C=O) groups excluding carboxylic acids is 2. The molecule has 1 amide bonds. The predicted octanol–water partition coefficient (Wildman–Crippen LogP) is 2.97. The van der Waals surface area contributed by atoms with Gasteiger partial charge in [0.05, 0.1) is 11.0 Å². The largest absolute Gasteiger partial charge is 0.448 e. The van der Waals surface area contributed by atoms with E-state index in [0.717, 1.165) is 16.9 Å². The first-order chi connectivity index (χ1) is 12.4. The Morgan fingerprint density at radius 2 is 1.96 bits per heavy atom. The molecule has 3 rings (SSSR count). The van der Waals surface area contributed by atoms with E-state index in [-0.39, 0.29) is 5.69 Å². The number of esters is 1. The number of aromatic amines is 2. The molecule has 0 aliphatic carbocycles. The fourth-order valence-electron chi connectivity index (χ4n) is 2.60. The molecule has 0 saturated heterocycles. The van der Waals surface area contributed by atoms with Crippen LogP contribution in [0.4, 0.5) is 5.69 Å². The van der Waals surface area contributed by atoms with Crippen molar-refractivity contribution in [2.75, 3.05) is 5.32 Å². The number of hydrogen-bond donors (Lipinski definition) is 3. The third-order valence-electron chi connectivity index (χ3n) is 3.98. The number of fused-ring (bicyclic) bond motifs is 1. The minimum Gasteiger partial charge on any atom is -0.448 e. The predicted molar refractivity (Wildman–Crippen MR) is 101 cm³/mol. The van der Waals surface area contributed by atoms with E-state index in [0.29, 0.717) is 21.6 Å². The Hall–Kier alpha value is -2.87. The fourth-order valence-corrected chi connectivity index (χ4v) is 3.59. The van der Waals surface area contributed by atoms with Gasteiger partial charge in [-0.1, -0.05) is 6.92 Å². The number of H-pyrrole nitrogens is 2. The monoisotopic (exact) mass is 373 g/mol. The first kappa shape index (κ1) is 17.9. The second kappa shape index (κ2) is 7.17. The maximum atomic E-state index is 12.3. The van der Waals surface area contributed by atoms with E-state index in [1.807, 2.05) is 13.8 Å². The molecule has 136 valence electrons. The molecule has 8 heteroatoms. The molecule has 3 N–H and O–H groups in total. The second-order valence-corrected chi connectivity index (χ2v) is 7.08. The Labute approximate surface area is 153 Å². The Morgan fingerprint density at radius 3 is 2.65 bits per heavy atom. The van der Waals surface area contributed by atoms with Gasteiger partial charge in [0, 0.05) is 10.6 Å². The molecule has 7 nitrogen and oxygen atoms in total. The van der Waals surface area contributed by atoms with E-state index in [1.54, 1.807) is 24.3 Å². The molecule has 0 fully saturated rings. The van der Waals surface area contributed by atoms with Crippen molar-refractivity contribution in [2.24, 2.45) is 0 Å². The maximum absolute atomic E-state index is 12.3. The van der Waals surface area contributed by atoms with Gasteiger partial charge in [-0.15, -0.1) is 11.3 Å². The van der Waals surface area contributed by atoms with Gasteiger partial charge in [-0.3, -0.25) is 4.79 Å². The summed E-state index contributed by atoms with van der Waals surface area (Å²) in [6, 6.07) is 6.76. The van der Waals surface area contributed by atoms with Crippen LogP contribution in [-0.2, 0) is 16.0 Å². The molecule has 26 heavy (non-hydrogen) atoms. The van der Waals surface area contributed by atoms with Crippen molar-refractivity contribution in [3.63, 3.8) is 0 Å². The SMILES string of the molecule is CCc1sc(C(=O)O[C@H](C)C(=O)Nc2ccc3[nH]c(=O)[nH]c3c2)cc1C. The van der Waals surface area contributed by atoms with Crippen LogP contribution in [0.3, 0.4) is 0 Å². The number of ether oxygens (including phenoxy) is 1. The summed E-state index contributed by atoms with van der Waals surface area (Å²) in [4.78, 5) is 42.7. The summed E-state index contributed by atoms with van der Waals surface area (Å²) >= 11 is 1.39. The highest BCUT2D eigenvalue weighted by Gasteiger charge is 2.21. The summed E-state index contributed by atoms with van der Waals surface area (Å²) < 4.78 is 5.27. The molecule has 0 unspecified atom stereocenters. The zero-order valence-electron chi connectivity index (χ0n) is 14.6. The minimum atomic E-state index is -0.948. The number of nitrogens with one attached hydrogen (secondary N) is 3. The molecule has 0 spiro atoms. The van der Waals surface area contributed by atoms with Crippen molar-refractivity contribution in [3.8, 4) is 0 Å². The van der Waals surface area contributed by atoms with Crippen LogP contribution >= 0.6 is 11.3 Å². The van der Waals surface area contributed by atoms with Crippen molar-refractivity contribution in [1.29, 1.82) is 0 Å². The molecule has 0 saturated carbocycles. The molecule has 1 aromatic carbocycles. The number of carbonyl (C=O) groups is 2. The van der Waals surface area contributed by atoms with Gasteiger partial charge in [0.1, 0.15) is 4.88 Å². The lowest BCUT2D eigenvalue weighted by atomic mass is 10.2. The quantitative estimate of drug-likeness (QED) is 0.598. The number of rotatable bonds is 5. The smallest absolute Gasteiger partial charge is 0.349 e. The number of thiophene rings is 1. The van der Waals surface area contributed by atoms with Gasteiger partial charge in [0.25, 0.3) is 5.91 Å². The third kappa shape index (κ3) is 3.70. The van der Waals surface area contributed by atoms with E-state index >= 15 is 0 Å². The number of aromatic nitrogens is 2. The molecule has 2 aromatic heterocycles. The van der Waals surface area contributed by atoms with Gasteiger partial charge < -0.3 is 20.0 Å². The van der Waals surface area contributed by atoms with E-state index in [4.69, 9.17) is 4.74 Å². The summed E-state index contributed by atoms with van der Waals surface area (Å²) in [5.74, 6) is -0.953. The average Bonchev–Trinajstić information content (AvgIpc) is 3.15. The Balaban J connectivity index is 1.66. The highest BCUT2D eigenvalue weighted by molar-refractivity contribution is 7.14. The van der Waals surface area contributed by atoms with Gasteiger partial charge in [0.2, 0.25) is 0 Å². The topological polar surface area (TPSA) is 104 Å². The zero-order chi connectivity index (χ0) is 18.8. The van der Waals surface area contributed by atoms with Crippen molar-refractivity contribution in [3.05, 3.63) is 50.1 Å². The Kier molecular flexibility index (Phi) is 4.94. The standard InChI is InChI=1S/C18H19N3O4S/c1-4-14-9(2)7-15(26-14)17(23)25-10(3)16(22)19-11-5-6-12-13(8-11)21-18(24)20-12/h5-8,10H,4H2,1-3H3,(H,19,22)(H2,20,21,24)/t10-/m1/s1. The third-order valence-corrected chi connectivity index (χ3v) is 5.34. The number of anilines is 1. The van der Waals surface area contributed by atoms with Crippen LogP contribution in [0, 0.1) is 6.92 Å². The molecule has 0 aliphatic rings. The molecule has 1 atom stereocenters. The van der Waals surface area contributed by atoms with Gasteiger partial charge in [-0.2, -0.15) is 0 Å². The average molecular weight is 373 g/mol. The van der Waals surface area contributed by atoms with E-state index in [9.17, 15) is 14.4 Å². The molecule has 2 heterocycles. The molecule has 0 bridgehead atoms. The molecule has 0 radical (unpaired) electrons. The Morgan fingerprint density at radius 1 is 1.23 bits per heavy atom. The first-order valence-corrected chi connectivity index (χ1v) is 9.02. The lowest BCUT2D eigenvalue weighted by Crippen LogP contribution is -2.29. The number of aryl methyl sites for hydroxylation is 2. The number of benzene rings is 1. The van der Waals surface area contributed by atoms with E-state index in [1.165, 1.54) is 18.3 Å². The second-order valence-electron chi connectivity index (χ2n) is 5.95. The number of amides is 1. The Bertz CT molecular complexity index is 1030. The minimum absolute atomic E-state index is 0.316. The van der Waals surface area contributed by atoms with Gasteiger partial charge in [0.15, 0.2) is 6.10 Å². The van der Waals surface area contributed by atoms with Gasteiger partial charge in [-0.25, -0.2) is 9.59 Å². The van der Waals surface area contributed by atoms with Crippen LogP contribution in [0.25, 0.3) is 11.0 Å². The van der Waals surface area contributed by atoms with Crippen molar-refractivity contribution >= 4 is 39.9 Å². The van der Waals surface area contributed by atoms with Gasteiger partial charge >= 0.3 is 11.7 Å². The van der Waals surface area contributed by atoms with Crippen LogP contribution in [0.15, 0.2) is 29.1 Å². The van der Waals surface area contributed by atoms with Crippen LogP contribution < -0.4 is 11.0 Å². The summed E-state index contributed by atoms with van der Waals surface area (Å²) in [5, 5.41) is 2.68. The summed E-state index contributed by atoms with van der Waals surface area (Å²) in [6.07, 6.45) is -0.0975. The van der Waals surface area contributed by atoms with E-state index < -0.39 is 18.0 Å². The number of hydrogen-bond acceptors (Lipinski definition) is 5. The van der Waals surface area contributed by atoms with Crippen molar-refractivity contribution in [1.82, 2.24) is 9.97 Å². The summed E-state index contributed by atoms with van der Waals surface area (Å²) in [7, 11) is 0. The lowest BCUT2D eigenvalue weighted by molar-refractivity contribution is -0.123. The highest BCUT2D eigenvalue weighted by Crippen LogP contribution is 2.23. The van der Waals surface area contributed by atoms with Crippen LogP contribution in [0.5, 0.6) is 0 Å². The number of imidazole rings is 1. The van der Waals surface area contributed by atoms with E-state index in [2.05, 4.69) is 15.3 Å². The normalized spacial score (nSPS) is 12.1. The zero-order valence-corrected chi connectivity index (χ0v) is 15.5. The fraction of sp³-hybridized carbons (Fsp3) is 0.278. The highest BCUT2D eigenvalue weighted by atomic mass is 32.1. The van der Waals surface area contributed by atoms with Crippen molar-refractivity contribution in [2.45, 2.75) is 33.3 Å². The first-order valence-electron chi connectivity index (χ1n) is 8.20. The van der Waals surface area contributed by atoms with Crippen LogP contribution in [0.2, 0.25) is 0 Å². The molecule has 0 aliphatic heterocycles. The lowest BCUT2D eigenvalue weighted by Gasteiger charge is -2.13. The van der Waals surface area contributed by atoms with Gasteiger partial charge in [-0.05, 0) is 50.1 Å². The molecule has 3 aromatic rings. The van der Waals surface area contributed by atoms with Crippen molar-refractivity contribution < 1.29 is 14.3 Å².